The Morgan fingerprint density at radius 2 is 1.68 bits per heavy atom. The second kappa shape index (κ2) is 6.81. The van der Waals surface area contributed by atoms with Crippen molar-refractivity contribution in [2.75, 3.05) is 36.4 Å². The zero-order chi connectivity index (χ0) is 17.4. The number of nitrogens with one attached hydrogen (secondary N) is 1. The maximum Gasteiger partial charge on any atom is 0.227 e. The van der Waals surface area contributed by atoms with Crippen molar-refractivity contribution in [2.24, 2.45) is 5.92 Å². The molecule has 0 unspecified atom stereocenters. The van der Waals surface area contributed by atoms with Gasteiger partial charge in [-0.25, -0.2) is 4.98 Å². The lowest BCUT2D eigenvalue weighted by molar-refractivity contribution is -0.133. The lowest BCUT2D eigenvalue weighted by Crippen LogP contribution is -2.43. The highest BCUT2D eigenvalue weighted by Crippen LogP contribution is 2.32. The molecule has 1 aromatic heterocycles. The summed E-state index contributed by atoms with van der Waals surface area (Å²) in [7, 11) is 0. The van der Waals surface area contributed by atoms with E-state index in [2.05, 4.69) is 29.0 Å². The quantitative estimate of drug-likeness (QED) is 0.910. The van der Waals surface area contributed by atoms with Crippen molar-refractivity contribution >= 4 is 17.7 Å². The fraction of sp³-hybridized carbons (Fsp3) is 0.737. The number of anilines is 2. The second-order valence-electron chi connectivity index (χ2n) is 7.79. The summed E-state index contributed by atoms with van der Waals surface area (Å²) in [6, 6.07) is 0.391. The van der Waals surface area contributed by atoms with Crippen molar-refractivity contribution in [3.63, 3.8) is 0 Å². The SMILES string of the molecule is Cc1nc(N2CCCC2)nc(NC2CCN(C(=O)C3CC3)CC2)c1C. The number of hydrogen-bond donors (Lipinski definition) is 1. The van der Waals surface area contributed by atoms with Gasteiger partial charge < -0.3 is 15.1 Å². The van der Waals surface area contributed by atoms with E-state index in [0.29, 0.717) is 17.9 Å². The summed E-state index contributed by atoms with van der Waals surface area (Å²) in [5.41, 5.74) is 2.19. The monoisotopic (exact) mass is 343 g/mol. The van der Waals surface area contributed by atoms with Crippen molar-refractivity contribution in [3.05, 3.63) is 11.3 Å². The van der Waals surface area contributed by atoms with Crippen LogP contribution in [0.5, 0.6) is 0 Å². The van der Waals surface area contributed by atoms with Crippen molar-refractivity contribution in [1.82, 2.24) is 14.9 Å². The van der Waals surface area contributed by atoms with E-state index in [1.807, 2.05) is 0 Å². The minimum Gasteiger partial charge on any atom is -0.367 e. The van der Waals surface area contributed by atoms with Crippen LogP contribution in [0, 0.1) is 19.8 Å². The molecular weight excluding hydrogens is 314 g/mol. The third-order valence-corrected chi connectivity index (χ3v) is 5.84. The van der Waals surface area contributed by atoms with Gasteiger partial charge in [-0.1, -0.05) is 0 Å². The second-order valence-corrected chi connectivity index (χ2v) is 7.79. The van der Waals surface area contributed by atoms with E-state index in [0.717, 1.165) is 74.9 Å². The number of carbonyl (C=O) groups excluding carboxylic acids is 1. The van der Waals surface area contributed by atoms with Gasteiger partial charge in [0.05, 0.1) is 0 Å². The van der Waals surface area contributed by atoms with Crippen LogP contribution in [0.1, 0.15) is 49.8 Å². The summed E-state index contributed by atoms with van der Waals surface area (Å²) in [6.45, 7) is 8.02. The van der Waals surface area contributed by atoms with Gasteiger partial charge in [-0.2, -0.15) is 4.98 Å². The zero-order valence-corrected chi connectivity index (χ0v) is 15.4. The van der Waals surface area contributed by atoms with Gasteiger partial charge in [0.2, 0.25) is 11.9 Å². The number of rotatable bonds is 4. The summed E-state index contributed by atoms with van der Waals surface area (Å²) in [4.78, 5) is 26.1. The van der Waals surface area contributed by atoms with Gasteiger partial charge in [-0.15, -0.1) is 0 Å². The van der Waals surface area contributed by atoms with Crippen LogP contribution in [0.2, 0.25) is 0 Å². The molecule has 136 valence electrons. The molecule has 1 saturated carbocycles. The molecule has 0 spiro atoms. The first-order valence-corrected chi connectivity index (χ1v) is 9.77. The number of aromatic nitrogens is 2. The van der Waals surface area contributed by atoms with E-state index in [-0.39, 0.29) is 0 Å². The van der Waals surface area contributed by atoms with Gasteiger partial charge in [-0.05, 0) is 52.4 Å². The van der Waals surface area contributed by atoms with Crippen LogP contribution >= 0.6 is 0 Å². The van der Waals surface area contributed by atoms with Gasteiger partial charge in [0.25, 0.3) is 0 Å². The van der Waals surface area contributed by atoms with Gasteiger partial charge in [0.1, 0.15) is 5.82 Å². The molecule has 2 aliphatic heterocycles. The predicted octanol–water partition coefficient (Wildman–Crippen LogP) is 2.51. The molecule has 4 rings (SSSR count). The van der Waals surface area contributed by atoms with E-state index >= 15 is 0 Å². The third-order valence-electron chi connectivity index (χ3n) is 5.84. The molecule has 3 heterocycles. The number of aryl methyl sites for hydroxylation is 1. The topological polar surface area (TPSA) is 61.4 Å². The average Bonchev–Trinajstić information content (AvgIpc) is 3.33. The Morgan fingerprint density at radius 3 is 2.32 bits per heavy atom. The van der Waals surface area contributed by atoms with Crippen LogP contribution in [0.3, 0.4) is 0 Å². The maximum atomic E-state index is 12.2. The molecule has 0 atom stereocenters. The summed E-state index contributed by atoms with van der Waals surface area (Å²) in [6.07, 6.45) is 6.64. The molecule has 0 aromatic carbocycles. The highest BCUT2D eigenvalue weighted by molar-refractivity contribution is 5.81. The fourth-order valence-corrected chi connectivity index (χ4v) is 3.84. The number of amides is 1. The van der Waals surface area contributed by atoms with Crippen molar-refractivity contribution in [3.8, 4) is 0 Å². The highest BCUT2D eigenvalue weighted by Gasteiger charge is 2.35. The molecule has 1 N–H and O–H groups in total. The van der Waals surface area contributed by atoms with E-state index < -0.39 is 0 Å². The first-order valence-electron chi connectivity index (χ1n) is 9.77. The normalized spacial score (nSPS) is 21.7. The number of nitrogens with zero attached hydrogens (tertiary/aromatic N) is 4. The van der Waals surface area contributed by atoms with E-state index in [9.17, 15) is 4.79 Å². The Balaban J connectivity index is 1.41. The molecule has 1 aliphatic carbocycles. The molecule has 0 bridgehead atoms. The summed E-state index contributed by atoms with van der Waals surface area (Å²) < 4.78 is 0. The lowest BCUT2D eigenvalue weighted by atomic mass is 10.0. The Kier molecular flexibility index (Phi) is 4.52. The molecule has 0 radical (unpaired) electrons. The maximum absolute atomic E-state index is 12.2. The first-order chi connectivity index (χ1) is 12.1. The van der Waals surface area contributed by atoms with Crippen LogP contribution in [-0.2, 0) is 4.79 Å². The summed E-state index contributed by atoms with van der Waals surface area (Å²) >= 11 is 0. The minimum absolute atomic E-state index is 0.333. The smallest absolute Gasteiger partial charge is 0.227 e. The number of piperidine rings is 1. The van der Waals surface area contributed by atoms with Gasteiger partial charge in [-0.3, -0.25) is 4.79 Å². The minimum atomic E-state index is 0.333. The van der Waals surface area contributed by atoms with E-state index in [1.165, 1.54) is 12.8 Å². The molecule has 3 fully saturated rings. The van der Waals surface area contributed by atoms with Crippen LogP contribution in [0.4, 0.5) is 11.8 Å². The van der Waals surface area contributed by atoms with E-state index in [1.54, 1.807) is 0 Å². The van der Waals surface area contributed by atoms with Crippen LogP contribution in [0.15, 0.2) is 0 Å². The summed E-state index contributed by atoms with van der Waals surface area (Å²) in [5, 5.41) is 3.64. The largest absolute Gasteiger partial charge is 0.367 e. The zero-order valence-electron chi connectivity index (χ0n) is 15.4. The molecule has 2 saturated heterocycles. The molecule has 6 nitrogen and oxygen atoms in total. The number of likely N-dealkylation sites (tertiary alicyclic amines) is 1. The van der Waals surface area contributed by atoms with Crippen LogP contribution in [0.25, 0.3) is 0 Å². The molecule has 25 heavy (non-hydrogen) atoms. The predicted molar refractivity (Wildman–Crippen MR) is 98.9 cm³/mol. The van der Waals surface area contributed by atoms with Crippen molar-refractivity contribution in [1.29, 1.82) is 0 Å². The summed E-state index contributed by atoms with van der Waals surface area (Å²) in [5.74, 6) is 2.55. The highest BCUT2D eigenvalue weighted by atomic mass is 16.2. The molecule has 1 aromatic rings. The lowest BCUT2D eigenvalue weighted by Gasteiger charge is -2.33. The fourth-order valence-electron chi connectivity index (χ4n) is 3.84. The number of hydrogen-bond acceptors (Lipinski definition) is 5. The Morgan fingerprint density at radius 1 is 1.00 bits per heavy atom. The molecule has 1 amide bonds. The van der Waals surface area contributed by atoms with Crippen molar-refractivity contribution < 1.29 is 4.79 Å². The standard InChI is InChI=1S/C19H29N5O/c1-13-14(2)20-19(24-9-3-4-10-24)22-17(13)21-16-7-11-23(12-8-16)18(25)15-5-6-15/h15-16H,3-12H2,1-2H3,(H,20,21,22). The van der Waals surface area contributed by atoms with Crippen molar-refractivity contribution in [2.45, 2.75) is 58.4 Å². The van der Waals surface area contributed by atoms with Gasteiger partial charge in [0.15, 0.2) is 0 Å². The molecule has 6 heteroatoms. The number of carbonyl (C=O) groups is 1. The Hall–Kier alpha value is -1.85. The van der Waals surface area contributed by atoms with Gasteiger partial charge >= 0.3 is 0 Å². The van der Waals surface area contributed by atoms with Gasteiger partial charge in [0, 0.05) is 49.4 Å². The Labute approximate surface area is 150 Å². The molecule has 3 aliphatic rings. The average molecular weight is 343 g/mol. The van der Waals surface area contributed by atoms with Crippen LogP contribution < -0.4 is 10.2 Å². The first kappa shape index (κ1) is 16.6. The van der Waals surface area contributed by atoms with Crippen LogP contribution in [-0.4, -0.2) is 53.0 Å². The Bertz CT molecular complexity index is 643. The van der Waals surface area contributed by atoms with E-state index in [4.69, 9.17) is 9.97 Å². The third kappa shape index (κ3) is 3.58. The molecular formula is C19H29N5O.